The topological polar surface area (TPSA) is 54.5 Å². The number of ether oxygens (including phenoxy) is 1. The Morgan fingerprint density at radius 3 is 2.58 bits per heavy atom. The molecule has 4 rings (SSSR count). The number of hydrogen-bond donors (Lipinski definition) is 1. The molecule has 5 nitrogen and oxygen atoms in total. The predicted octanol–water partition coefficient (Wildman–Crippen LogP) is 4.17. The Morgan fingerprint density at radius 1 is 1.08 bits per heavy atom. The fourth-order valence-corrected chi connectivity index (χ4v) is 3.33. The second-order valence-corrected chi connectivity index (χ2v) is 6.20. The number of aryl methyl sites for hydroxylation is 1. The minimum atomic E-state index is -0.315. The van der Waals surface area contributed by atoms with Crippen molar-refractivity contribution in [3.05, 3.63) is 83.7 Å². The maximum atomic E-state index is 13.2. The summed E-state index contributed by atoms with van der Waals surface area (Å²) in [6.07, 6.45) is 3.07. The molecule has 1 atom stereocenters. The van der Waals surface area contributed by atoms with Crippen LogP contribution in [0.3, 0.4) is 0 Å². The molecule has 130 valence electrons. The number of carbonyl (C=O) groups excluding carboxylic acids is 1. The van der Waals surface area contributed by atoms with E-state index in [0.717, 1.165) is 28.3 Å². The van der Waals surface area contributed by atoms with Gasteiger partial charge in [0.1, 0.15) is 11.9 Å². The molecule has 1 amide bonds. The van der Waals surface area contributed by atoms with Crippen LogP contribution < -0.4 is 15.0 Å². The lowest BCUT2D eigenvalue weighted by molar-refractivity contribution is 0.0975. The number of hydrogen-bond acceptors (Lipinski definition) is 4. The molecule has 1 aliphatic rings. The van der Waals surface area contributed by atoms with Crippen LogP contribution in [0.25, 0.3) is 0 Å². The molecule has 3 aromatic rings. The highest BCUT2D eigenvalue weighted by molar-refractivity contribution is 6.12. The van der Waals surface area contributed by atoms with Crippen molar-refractivity contribution in [3.63, 3.8) is 0 Å². The summed E-state index contributed by atoms with van der Waals surface area (Å²) in [5.41, 5.74) is 4.30. The van der Waals surface area contributed by atoms with E-state index in [2.05, 4.69) is 10.3 Å². The van der Waals surface area contributed by atoms with Crippen molar-refractivity contribution in [2.75, 3.05) is 17.3 Å². The normalized spacial score (nSPS) is 16.0. The van der Waals surface area contributed by atoms with Crippen molar-refractivity contribution in [3.8, 4) is 5.75 Å². The molecular formula is C21H19N3O2. The Bertz CT molecular complexity index is 956. The maximum absolute atomic E-state index is 13.2. The van der Waals surface area contributed by atoms with Crippen LogP contribution in [-0.4, -0.2) is 18.0 Å². The van der Waals surface area contributed by atoms with E-state index in [1.54, 1.807) is 24.4 Å². The molecule has 0 radical (unpaired) electrons. The van der Waals surface area contributed by atoms with Crippen LogP contribution in [0.4, 0.5) is 11.4 Å². The highest BCUT2D eigenvalue weighted by Crippen LogP contribution is 2.37. The zero-order chi connectivity index (χ0) is 18.1. The van der Waals surface area contributed by atoms with Gasteiger partial charge in [-0.05, 0) is 54.4 Å². The van der Waals surface area contributed by atoms with E-state index in [1.807, 2.05) is 61.5 Å². The van der Waals surface area contributed by atoms with Gasteiger partial charge >= 0.3 is 0 Å². The number of para-hydroxylation sites is 1. The lowest BCUT2D eigenvalue weighted by Crippen LogP contribution is -2.43. The molecule has 0 saturated heterocycles. The summed E-state index contributed by atoms with van der Waals surface area (Å²) < 4.78 is 5.37. The number of rotatable bonds is 3. The second-order valence-electron chi connectivity index (χ2n) is 6.20. The molecule has 0 spiro atoms. The Hall–Kier alpha value is -3.34. The number of nitrogens with one attached hydrogen (secondary N) is 1. The van der Waals surface area contributed by atoms with Crippen molar-refractivity contribution < 1.29 is 9.53 Å². The summed E-state index contributed by atoms with van der Waals surface area (Å²) in [6.45, 7) is 2.00. The number of carbonyl (C=O) groups is 1. The zero-order valence-corrected chi connectivity index (χ0v) is 14.6. The van der Waals surface area contributed by atoms with Gasteiger partial charge in [0, 0.05) is 23.8 Å². The molecule has 2 heterocycles. The highest BCUT2D eigenvalue weighted by Gasteiger charge is 2.34. The largest absolute Gasteiger partial charge is 0.496 e. The van der Waals surface area contributed by atoms with Gasteiger partial charge < -0.3 is 10.1 Å². The molecule has 26 heavy (non-hydrogen) atoms. The lowest BCUT2D eigenvalue weighted by Gasteiger charge is -2.38. The van der Waals surface area contributed by atoms with Gasteiger partial charge in [-0.2, -0.15) is 0 Å². The van der Waals surface area contributed by atoms with Crippen molar-refractivity contribution >= 4 is 17.3 Å². The standard InChI is InChI=1S/C21H19N3O2/c1-14-13-15(7-8-19(14)26-2)20-23-18-6-4-3-5-17(18)21(25)24(20)16-9-11-22-12-10-16/h3-13,20,23H,1-2H3. The first-order valence-electron chi connectivity index (χ1n) is 8.43. The highest BCUT2D eigenvalue weighted by atomic mass is 16.5. The first-order chi connectivity index (χ1) is 12.7. The lowest BCUT2D eigenvalue weighted by atomic mass is 10.0. The van der Waals surface area contributed by atoms with Crippen molar-refractivity contribution in [1.82, 2.24) is 4.98 Å². The average molecular weight is 345 g/mol. The smallest absolute Gasteiger partial charge is 0.262 e. The van der Waals surface area contributed by atoms with Gasteiger partial charge in [0.15, 0.2) is 0 Å². The van der Waals surface area contributed by atoms with E-state index >= 15 is 0 Å². The third kappa shape index (κ3) is 2.67. The van der Waals surface area contributed by atoms with E-state index in [4.69, 9.17) is 4.74 Å². The minimum Gasteiger partial charge on any atom is -0.496 e. The predicted molar refractivity (Wildman–Crippen MR) is 102 cm³/mol. The van der Waals surface area contributed by atoms with E-state index in [-0.39, 0.29) is 12.1 Å². The first kappa shape index (κ1) is 16.1. The fourth-order valence-electron chi connectivity index (χ4n) is 3.33. The van der Waals surface area contributed by atoms with E-state index in [1.165, 1.54) is 0 Å². The van der Waals surface area contributed by atoms with Gasteiger partial charge in [-0.3, -0.25) is 14.7 Å². The third-order valence-corrected chi connectivity index (χ3v) is 4.60. The van der Waals surface area contributed by atoms with Crippen LogP contribution in [0.15, 0.2) is 67.0 Å². The zero-order valence-electron chi connectivity index (χ0n) is 14.6. The van der Waals surface area contributed by atoms with Crippen LogP contribution in [0.1, 0.15) is 27.7 Å². The second kappa shape index (κ2) is 6.52. The van der Waals surface area contributed by atoms with E-state index < -0.39 is 0 Å². The number of amides is 1. The molecule has 1 aromatic heterocycles. The number of aromatic nitrogens is 1. The molecule has 1 unspecified atom stereocenters. The van der Waals surface area contributed by atoms with Crippen molar-refractivity contribution in [2.24, 2.45) is 0 Å². The summed E-state index contributed by atoms with van der Waals surface area (Å²) in [6, 6.07) is 17.2. The van der Waals surface area contributed by atoms with Crippen LogP contribution in [-0.2, 0) is 0 Å². The van der Waals surface area contributed by atoms with Crippen LogP contribution in [0, 0.1) is 6.92 Å². The maximum Gasteiger partial charge on any atom is 0.262 e. The minimum absolute atomic E-state index is 0.0379. The van der Waals surface area contributed by atoms with Crippen molar-refractivity contribution in [1.29, 1.82) is 0 Å². The van der Waals surface area contributed by atoms with E-state index in [0.29, 0.717) is 5.56 Å². The Kier molecular flexibility index (Phi) is 4.05. The third-order valence-electron chi connectivity index (χ3n) is 4.60. The van der Waals surface area contributed by atoms with Crippen LogP contribution in [0.2, 0.25) is 0 Å². The first-order valence-corrected chi connectivity index (χ1v) is 8.43. The van der Waals surface area contributed by atoms with Gasteiger partial charge in [-0.25, -0.2) is 0 Å². The van der Waals surface area contributed by atoms with Gasteiger partial charge in [0.05, 0.1) is 12.7 Å². The number of pyridine rings is 1. The number of benzene rings is 2. The number of anilines is 2. The summed E-state index contributed by atoms with van der Waals surface area (Å²) >= 11 is 0. The fraction of sp³-hybridized carbons (Fsp3) is 0.143. The molecule has 0 fully saturated rings. The van der Waals surface area contributed by atoms with E-state index in [9.17, 15) is 4.79 Å². The SMILES string of the molecule is COc1ccc(C2Nc3ccccc3C(=O)N2c2ccncc2)cc1C. The summed E-state index contributed by atoms with van der Waals surface area (Å²) in [5.74, 6) is 0.788. The van der Waals surface area contributed by atoms with Gasteiger partial charge in [-0.15, -0.1) is 0 Å². The molecule has 5 heteroatoms. The summed E-state index contributed by atoms with van der Waals surface area (Å²) in [4.78, 5) is 19.1. The van der Waals surface area contributed by atoms with Gasteiger partial charge in [-0.1, -0.05) is 18.2 Å². The molecule has 2 aromatic carbocycles. The Balaban J connectivity index is 1.85. The van der Waals surface area contributed by atoms with Crippen LogP contribution in [0.5, 0.6) is 5.75 Å². The molecule has 1 N–H and O–H groups in total. The van der Waals surface area contributed by atoms with Crippen molar-refractivity contribution in [2.45, 2.75) is 13.1 Å². The molecule has 0 bridgehead atoms. The molecule has 0 aliphatic carbocycles. The Labute approximate surface area is 152 Å². The monoisotopic (exact) mass is 345 g/mol. The summed E-state index contributed by atoms with van der Waals surface area (Å²) in [7, 11) is 1.66. The Morgan fingerprint density at radius 2 is 1.85 bits per heavy atom. The van der Waals surface area contributed by atoms with Gasteiger partial charge in [0.2, 0.25) is 0 Å². The molecular weight excluding hydrogens is 326 g/mol. The quantitative estimate of drug-likeness (QED) is 0.774. The molecule has 1 aliphatic heterocycles. The number of fused-ring (bicyclic) bond motifs is 1. The molecule has 0 saturated carbocycles. The number of methoxy groups -OCH3 is 1. The average Bonchev–Trinajstić information content (AvgIpc) is 2.68. The summed E-state index contributed by atoms with van der Waals surface area (Å²) in [5, 5.41) is 3.50. The number of nitrogens with zero attached hydrogens (tertiary/aromatic N) is 2. The van der Waals surface area contributed by atoms with Crippen LogP contribution >= 0.6 is 0 Å². The van der Waals surface area contributed by atoms with Gasteiger partial charge in [0.25, 0.3) is 5.91 Å².